The number of carbonyl (C=O) groups excluding carboxylic acids is 2. The molecule has 2 aromatic rings. The van der Waals surface area contributed by atoms with E-state index in [1.807, 2.05) is 0 Å². The van der Waals surface area contributed by atoms with E-state index in [4.69, 9.17) is 24.6 Å². The monoisotopic (exact) mass is 429 g/mol. The number of ether oxygens (including phenoxy) is 3. The molecule has 1 aliphatic heterocycles. The quantitative estimate of drug-likeness (QED) is 0.221. The summed E-state index contributed by atoms with van der Waals surface area (Å²) in [5.41, 5.74) is 8.90. The van der Waals surface area contributed by atoms with Gasteiger partial charge in [-0.3, -0.25) is 0 Å². The summed E-state index contributed by atoms with van der Waals surface area (Å²) in [4.78, 5) is 32.2. The van der Waals surface area contributed by atoms with Gasteiger partial charge < -0.3 is 29.3 Å². The molecule has 0 aromatic heterocycles. The van der Waals surface area contributed by atoms with Gasteiger partial charge in [-0.15, -0.1) is 0 Å². The summed E-state index contributed by atoms with van der Waals surface area (Å²) in [5.74, 6) is -1.60. The topological polar surface area (TPSA) is 160 Å². The Labute approximate surface area is 176 Å². The van der Waals surface area contributed by atoms with Gasteiger partial charge in [-0.2, -0.15) is 0 Å². The highest BCUT2D eigenvalue weighted by Gasteiger charge is 2.50. The highest BCUT2D eigenvalue weighted by Crippen LogP contribution is 2.28. The van der Waals surface area contributed by atoms with Gasteiger partial charge in [0.1, 0.15) is 17.5 Å². The number of azide groups is 1. The molecular formula is C20H19N3O8. The predicted octanol–water partition coefficient (Wildman–Crippen LogP) is 1.76. The molecular weight excluding hydrogens is 410 g/mol. The van der Waals surface area contributed by atoms with E-state index >= 15 is 0 Å². The number of rotatable bonds is 7. The van der Waals surface area contributed by atoms with Crippen LogP contribution in [0.1, 0.15) is 20.7 Å². The number of aliphatic hydroxyl groups is 2. The molecule has 162 valence electrons. The Balaban J connectivity index is 1.83. The first-order valence-corrected chi connectivity index (χ1v) is 9.21. The lowest BCUT2D eigenvalue weighted by Gasteiger charge is -2.41. The van der Waals surface area contributed by atoms with E-state index in [0.29, 0.717) is 0 Å². The first-order chi connectivity index (χ1) is 15.0. The number of hydrogen-bond acceptors (Lipinski definition) is 9. The average Bonchev–Trinajstić information content (AvgIpc) is 2.81. The fourth-order valence-corrected chi connectivity index (χ4v) is 3.00. The first kappa shape index (κ1) is 22.1. The van der Waals surface area contributed by atoms with Crippen molar-refractivity contribution in [3.05, 3.63) is 82.2 Å². The molecule has 1 fully saturated rings. The molecule has 1 aliphatic rings. The molecule has 0 spiro atoms. The van der Waals surface area contributed by atoms with Crippen LogP contribution in [0.15, 0.2) is 65.9 Å². The molecule has 0 amide bonds. The summed E-state index contributed by atoms with van der Waals surface area (Å²) >= 11 is 0. The van der Waals surface area contributed by atoms with Crippen LogP contribution in [0.5, 0.6) is 0 Å². The molecule has 0 unspecified atom stereocenters. The van der Waals surface area contributed by atoms with Crippen LogP contribution in [0, 0.1) is 0 Å². The molecule has 0 bridgehead atoms. The van der Waals surface area contributed by atoms with Crippen LogP contribution < -0.4 is 0 Å². The van der Waals surface area contributed by atoms with E-state index in [-0.39, 0.29) is 11.1 Å². The van der Waals surface area contributed by atoms with Crippen molar-refractivity contribution in [1.82, 2.24) is 0 Å². The van der Waals surface area contributed by atoms with E-state index in [0.717, 1.165) is 0 Å². The molecule has 11 nitrogen and oxygen atoms in total. The van der Waals surface area contributed by atoms with Crippen molar-refractivity contribution in [3.8, 4) is 0 Å². The Bertz CT molecular complexity index is 936. The third-order valence-corrected chi connectivity index (χ3v) is 4.49. The molecule has 5 atom stereocenters. The summed E-state index contributed by atoms with van der Waals surface area (Å²) in [6, 6.07) is 15.9. The van der Waals surface area contributed by atoms with Gasteiger partial charge in [0.2, 0.25) is 6.29 Å². The molecule has 31 heavy (non-hydrogen) atoms. The zero-order valence-corrected chi connectivity index (χ0v) is 16.1. The molecule has 0 aliphatic carbocycles. The van der Waals surface area contributed by atoms with Crippen LogP contribution in [-0.4, -0.2) is 59.5 Å². The van der Waals surface area contributed by atoms with Gasteiger partial charge in [0.05, 0.1) is 17.7 Å². The van der Waals surface area contributed by atoms with Gasteiger partial charge in [0.25, 0.3) is 0 Å². The maximum absolute atomic E-state index is 12.5. The van der Waals surface area contributed by atoms with Crippen LogP contribution in [0.4, 0.5) is 0 Å². The van der Waals surface area contributed by atoms with Crippen molar-refractivity contribution in [2.75, 3.05) is 6.61 Å². The van der Waals surface area contributed by atoms with E-state index in [1.54, 1.807) is 36.4 Å². The van der Waals surface area contributed by atoms with Gasteiger partial charge in [0, 0.05) is 4.91 Å². The van der Waals surface area contributed by atoms with Crippen LogP contribution in [0.2, 0.25) is 0 Å². The SMILES string of the molecule is [N-]=[N+]=NO[C@@H]1O[C@H](CO)[C@@H](OC(=O)c2ccccc2)[C@H](O)[C@H]1OC(=O)c1ccccc1. The highest BCUT2D eigenvalue weighted by atomic mass is 16.8. The second-order valence-electron chi connectivity index (χ2n) is 6.46. The Morgan fingerprint density at radius 3 is 1.97 bits per heavy atom. The Morgan fingerprint density at radius 1 is 0.968 bits per heavy atom. The third-order valence-electron chi connectivity index (χ3n) is 4.49. The highest BCUT2D eigenvalue weighted by molar-refractivity contribution is 5.90. The van der Waals surface area contributed by atoms with Gasteiger partial charge in [0.15, 0.2) is 12.2 Å². The zero-order chi connectivity index (χ0) is 22.2. The number of carbonyl (C=O) groups is 2. The minimum absolute atomic E-state index is 0.180. The van der Waals surface area contributed by atoms with E-state index in [1.165, 1.54) is 24.3 Å². The minimum Gasteiger partial charge on any atom is -0.453 e. The van der Waals surface area contributed by atoms with Crippen molar-refractivity contribution in [3.63, 3.8) is 0 Å². The summed E-state index contributed by atoms with van der Waals surface area (Å²) in [7, 11) is 0. The van der Waals surface area contributed by atoms with Crippen LogP contribution in [-0.2, 0) is 19.0 Å². The van der Waals surface area contributed by atoms with Crippen LogP contribution in [0.3, 0.4) is 0 Å². The maximum atomic E-state index is 12.5. The van der Waals surface area contributed by atoms with Crippen molar-refractivity contribution in [2.45, 2.75) is 30.7 Å². The third kappa shape index (κ3) is 5.30. The van der Waals surface area contributed by atoms with E-state index in [2.05, 4.69) is 10.2 Å². The second kappa shape index (κ2) is 10.4. The van der Waals surface area contributed by atoms with Crippen LogP contribution >= 0.6 is 0 Å². The molecule has 1 saturated heterocycles. The first-order valence-electron chi connectivity index (χ1n) is 9.21. The predicted molar refractivity (Wildman–Crippen MR) is 103 cm³/mol. The smallest absolute Gasteiger partial charge is 0.338 e. The van der Waals surface area contributed by atoms with Gasteiger partial charge in [-0.25, -0.2) is 9.59 Å². The number of esters is 2. The minimum atomic E-state index is -1.66. The number of hydrogen-bond donors (Lipinski definition) is 2. The molecule has 3 rings (SSSR count). The standard InChI is InChI=1S/C20H19N3O8/c21-22-23-31-20-17(30-19(27)13-9-5-2-6-10-13)15(25)16(14(11-24)28-20)29-18(26)12-7-3-1-4-8-12/h1-10,14-17,20,24-25H,11H2/t14-,15+,16-,17-,20+/m1/s1. The fraction of sp³-hybridized carbons (Fsp3) is 0.300. The Morgan fingerprint density at radius 2 is 1.48 bits per heavy atom. The van der Waals surface area contributed by atoms with Gasteiger partial charge in [-0.05, 0) is 29.8 Å². The van der Waals surface area contributed by atoms with Crippen molar-refractivity contribution >= 4 is 11.9 Å². The molecule has 2 N–H and O–H groups in total. The van der Waals surface area contributed by atoms with E-state index < -0.39 is 49.3 Å². The summed E-state index contributed by atoms with van der Waals surface area (Å²) in [5, 5.41) is 23.4. The Hall–Kier alpha value is -3.63. The lowest BCUT2D eigenvalue weighted by atomic mass is 9.98. The molecule has 0 saturated carbocycles. The van der Waals surface area contributed by atoms with Gasteiger partial charge >= 0.3 is 11.9 Å². The van der Waals surface area contributed by atoms with Gasteiger partial charge in [-0.1, -0.05) is 36.4 Å². The maximum Gasteiger partial charge on any atom is 0.338 e. The largest absolute Gasteiger partial charge is 0.453 e. The molecule has 2 aromatic carbocycles. The molecule has 11 heteroatoms. The summed E-state index contributed by atoms with van der Waals surface area (Å²) in [6.45, 7) is -0.667. The lowest BCUT2D eigenvalue weighted by molar-refractivity contribution is -0.300. The lowest BCUT2D eigenvalue weighted by Crippen LogP contribution is -2.61. The Kier molecular flexibility index (Phi) is 7.41. The zero-order valence-electron chi connectivity index (χ0n) is 16.1. The summed E-state index contributed by atoms with van der Waals surface area (Å²) in [6.07, 6.45) is -7.40. The molecule has 1 heterocycles. The van der Waals surface area contributed by atoms with Crippen molar-refractivity contribution in [1.29, 1.82) is 0 Å². The number of nitrogens with zero attached hydrogens (tertiary/aromatic N) is 3. The number of aliphatic hydroxyl groups excluding tert-OH is 2. The van der Waals surface area contributed by atoms with Crippen molar-refractivity contribution in [2.24, 2.45) is 5.28 Å². The fourth-order valence-electron chi connectivity index (χ4n) is 3.00. The summed E-state index contributed by atoms with van der Waals surface area (Å²) < 4.78 is 16.1. The van der Waals surface area contributed by atoms with E-state index in [9.17, 15) is 19.8 Å². The normalized spacial score (nSPS) is 25.0. The second-order valence-corrected chi connectivity index (χ2v) is 6.46. The number of benzene rings is 2. The average molecular weight is 429 g/mol. The van der Waals surface area contributed by atoms with Crippen LogP contribution in [0.25, 0.3) is 10.4 Å². The molecule has 0 radical (unpaired) electrons. The van der Waals surface area contributed by atoms with Crippen molar-refractivity contribution < 1.29 is 38.9 Å².